The first-order chi connectivity index (χ1) is 8.16. The highest BCUT2D eigenvalue weighted by Gasteiger charge is 2.20. The molecule has 0 saturated carbocycles. The van der Waals surface area contributed by atoms with Crippen LogP contribution in [0.25, 0.3) is 0 Å². The van der Waals surface area contributed by atoms with Crippen molar-refractivity contribution in [1.29, 1.82) is 0 Å². The molecular weight excluding hydrogens is 214 g/mol. The van der Waals surface area contributed by atoms with Gasteiger partial charge in [0.05, 0.1) is 6.04 Å². The Hall–Kier alpha value is -1.39. The second-order valence-corrected chi connectivity index (χ2v) is 4.50. The smallest absolute Gasteiger partial charge is 0.242 e. The number of hydrogen-bond donors (Lipinski definition) is 3. The Morgan fingerprint density at radius 3 is 2.76 bits per heavy atom. The fourth-order valence-electron chi connectivity index (χ4n) is 1.89. The normalized spacial score (nSPS) is 20.0. The van der Waals surface area contributed by atoms with E-state index in [1.807, 2.05) is 25.1 Å². The largest absolute Gasteiger partial charge is 0.325 e. The van der Waals surface area contributed by atoms with Crippen LogP contribution in [-0.2, 0) is 4.79 Å². The molecule has 1 saturated heterocycles. The summed E-state index contributed by atoms with van der Waals surface area (Å²) in [5.74, 6) is 0.0282. The Bertz CT molecular complexity index is 411. The molecule has 0 aliphatic carbocycles. The van der Waals surface area contributed by atoms with Crippen molar-refractivity contribution in [2.45, 2.75) is 19.9 Å². The average molecular weight is 233 g/mol. The third-order valence-electron chi connectivity index (χ3n) is 3.13. The number of piperazine rings is 1. The monoisotopic (exact) mass is 233 g/mol. The maximum Gasteiger partial charge on any atom is 0.242 e. The van der Waals surface area contributed by atoms with Gasteiger partial charge in [-0.05, 0) is 37.1 Å². The number of carbonyl (C=O) groups is 1. The summed E-state index contributed by atoms with van der Waals surface area (Å²) in [4.78, 5) is 12.0. The van der Waals surface area contributed by atoms with Crippen LogP contribution in [0.4, 0.5) is 5.69 Å². The quantitative estimate of drug-likeness (QED) is 0.708. The fourth-order valence-corrected chi connectivity index (χ4v) is 1.89. The number of carbonyl (C=O) groups excluding carboxylic acids is 1. The van der Waals surface area contributed by atoms with Gasteiger partial charge in [0.2, 0.25) is 5.91 Å². The predicted molar refractivity (Wildman–Crippen MR) is 69.2 cm³/mol. The molecule has 0 spiro atoms. The lowest BCUT2D eigenvalue weighted by molar-refractivity contribution is -0.118. The van der Waals surface area contributed by atoms with Crippen molar-refractivity contribution in [3.05, 3.63) is 29.3 Å². The summed E-state index contributed by atoms with van der Waals surface area (Å²) in [7, 11) is 0. The first-order valence-electron chi connectivity index (χ1n) is 5.99. The molecule has 0 bridgehead atoms. The molecule has 1 heterocycles. The standard InChI is InChI=1S/C13H19N3O/c1-9-3-4-11(7-10(9)2)16-13(17)12-8-14-5-6-15-12/h3-4,7,12,14-15H,5-6,8H2,1-2H3,(H,16,17). The van der Waals surface area contributed by atoms with E-state index in [0.717, 1.165) is 18.8 Å². The maximum atomic E-state index is 12.0. The minimum atomic E-state index is -0.134. The van der Waals surface area contributed by atoms with E-state index >= 15 is 0 Å². The third kappa shape index (κ3) is 3.05. The minimum absolute atomic E-state index is 0.0282. The second kappa shape index (κ2) is 5.29. The topological polar surface area (TPSA) is 53.2 Å². The third-order valence-corrected chi connectivity index (χ3v) is 3.13. The Kier molecular flexibility index (Phi) is 3.76. The highest BCUT2D eigenvalue weighted by Crippen LogP contribution is 2.14. The van der Waals surface area contributed by atoms with E-state index in [1.54, 1.807) is 0 Å². The van der Waals surface area contributed by atoms with Gasteiger partial charge in [-0.15, -0.1) is 0 Å². The molecule has 3 N–H and O–H groups in total. The van der Waals surface area contributed by atoms with Crippen LogP contribution in [0.15, 0.2) is 18.2 Å². The number of benzene rings is 1. The van der Waals surface area contributed by atoms with E-state index in [-0.39, 0.29) is 11.9 Å². The predicted octanol–water partition coefficient (Wildman–Crippen LogP) is 0.803. The molecule has 0 aromatic heterocycles. The van der Waals surface area contributed by atoms with E-state index in [0.29, 0.717) is 6.54 Å². The minimum Gasteiger partial charge on any atom is -0.325 e. The lowest BCUT2D eigenvalue weighted by Crippen LogP contribution is -2.54. The van der Waals surface area contributed by atoms with Crippen LogP contribution >= 0.6 is 0 Å². The molecule has 1 aromatic rings. The zero-order valence-corrected chi connectivity index (χ0v) is 10.3. The van der Waals surface area contributed by atoms with Crippen molar-refractivity contribution in [3.63, 3.8) is 0 Å². The molecule has 1 aromatic carbocycles. The molecule has 1 aliphatic rings. The van der Waals surface area contributed by atoms with Gasteiger partial charge in [0.15, 0.2) is 0 Å². The molecule has 4 nitrogen and oxygen atoms in total. The van der Waals surface area contributed by atoms with Crippen LogP contribution < -0.4 is 16.0 Å². The zero-order chi connectivity index (χ0) is 12.3. The average Bonchev–Trinajstić information content (AvgIpc) is 2.35. The van der Waals surface area contributed by atoms with Crippen molar-refractivity contribution < 1.29 is 4.79 Å². The first-order valence-corrected chi connectivity index (χ1v) is 5.99. The Morgan fingerprint density at radius 1 is 1.29 bits per heavy atom. The molecule has 2 rings (SSSR count). The Morgan fingerprint density at radius 2 is 2.12 bits per heavy atom. The zero-order valence-electron chi connectivity index (χ0n) is 10.3. The van der Waals surface area contributed by atoms with E-state index in [4.69, 9.17) is 0 Å². The van der Waals surface area contributed by atoms with Crippen LogP contribution in [0.3, 0.4) is 0 Å². The van der Waals surface area contributed by atoms with Gasteiger partial charge in [0.25, 0.3) is 0 Å². The number of amides is 1. The van der Waals surface area contributed by atoms with Gasteiger partial charge in [-0.1, -0.05) is 6.07 Å². The molecule has 4 heteroatoms. The highest BCUT2D eigenvalue weighted by atomic mass is 16.2. The van der Waals surface area contributed by atoms with Gasteiger partial charge < -0.3 is 16.0 Å². The molecule has 92 valence electrons. The molecule has 1 unspecified atom stereocenters. The van der Waals surface area contributed by atoms with Crippen molar-refractivity contribution in [2.75, 3.05) is 25.0 Å². The maximum absolute atomic E-state index is 12.0. The van der Waals surface area contributed by atoms with Gasteiger partial charge in [0.1, 0.15) is 0 Å². The van der Waals surface area contributed by atoms with E-state index in [1.165, 1.54) is 11.1 Å². The molecule has 1 aliphatic heterocycles. The summed E-state index contributed by atoms with van der Waals surface area (Å²) in [5, 5.41) is 9.33. The van der Waals surface area contributed by atoms with Gasteiger partial charge >= 0.3 is 0 Å². The van der Waals surface area contributed by atoms with Crippen LogP contribution in [0, 0.1) is 13.8 Å². The number of hydrogen-bond acceptors (Lipinski definition) is 3. The van der Waals surface area contributed by atoms with Gasteiger partial charge in [-0.25, -0.2) is 0 Å². The number of anilines is 1. The SMILES string of the molecule is Cc1ccc(NC(=O)C2CNCCN2)cc1C. The lowest BCUT2D eigenvalue weighted by Gasteiger charge is -2.23. The van der Waals surface area contributed by atoms with Crippen LogP contribution in [0.2, 0.25) is 0 Å². The summed E-state index contributed by atoms with van der Waals surface area (Å²) in [6.07, 6.45) is 0. The summed E-state index contributed by atoms with van der Waals surface area (Å²) in [5.41, 5.74) is 3.29. The molecular formula is C13H19N3O. The summed E-state index contributed by atoms with van der Waals surface area (Å²) >= 11 is 0. The lowest BCUT2D eigenvalue weighted by atomic mass is 10.1. The number of nitrogens with one attached hydrogen (secondary N) is 3. The van der Waals surface area contributed by atoms with E-state index < -0.39 is 0 Å². The van der Waals surface area contributed by atoms with E-state index in [2.05, 4.69) is 22.9 Å². The number of rotatable bonds is 2. The van der Waals surface area contributed by atoms with E-state index in [9.17, 15) is 4.79 Å². The molecule has 1 amide bonds. The van der Waals surface area contributed by atoms with Crippen molar-refractivity contribution in [3.8, 4) is 0 Å². The molecule has 1 atom stereocenters. The Labute approximate surface area is 102 Å². The van der Waals surface area contributed by atoms with Crippen molar-refractivity contribution in [1.82, 2.24) is 10.6 Å². The summed E-state index contributed by atoms with van der Waals surface area (Å²) < 4.78 is 0. The summed E-state index contributed by atoms with van der Waals surface area (Å²) in [6.45, 7) is 6.56. The van der Waals surface area contributed by atoms with Crippen LogP contribution in [-0.4, -0.2) is 31.6 Å². The number of aryl methyl sites for hydroxylation is 2. The van der Waals surface area contributed by atoms with Crippen molar-refractivity contribution >= 4 is 11.6 Å². The fraction of sp³-hybridized carbons (Fsp3) is 0.462. The Balaban J connectivity index is 1.99. The molecule has 0 radical (unpaired) electrons. The van der Waals surface area contributed by atoms with Gasteiger partial charge in [0, 0.05) is 25.3 Å². The highest BCUT2D eigenvalue weighted by molar-refractivity contribution is 5.95. The van der Waals surface area contributed by atoms with Gasteiger partial charge in [-0.3, -0.25) is 4.79 Å². The first kappa shape index (κ1) is 12.1. The summed E-state index contributed by atoms with van der Waals surface area (Å²) in [6, 6.07) is 5.84. The second-order valence-electron chi connectivity index (χ2n) is 4.50. The van der Waals surface area contributed by atoms with Crippen molar-refractivity contribution in [2.24, 2.45) is 0 Å². The molecule has 17 heavy (non-hydrogen) atoms. The van der Waals surface area contributed by atoms with Gasteiger partial charge in [-0.2, -0.15) is 0 Å². The van der Waals surface area contributed by atoms with Crippen LogP contribution in [0.1, 0.15) is 11.1 Å². The van der Waals surface area contributed by atoms with Crippen LogP contribution in [0.5, 0.6) is 0 Å². The molecule has 1 fully saturated rings.